The lowest BCUT2D eigenvalue weighted by Gasteiger charge is -2.13. The molecule has 1 aliphatic heterocycles. The number of carbonyl (C=O) groups is 2. The van der Waals surface area contributed by atoms with E-state index in [2.05, 4.69) is 22.6 Å². The molecule has 0 spiro atoms. The summed E-state index contributed by atoms with van der Waals surface area (Å²) in [5.74, 6) is -0.592. The topological polar surface area (TPSA) is 92.8 Å². The lowest BCUT2D eigenvalue weighted by Crippen LogP contribution is -2.33. The summed E-state index contributed by atoms with van der Waals surface area (Å²) >= 11 is 2.27. The zero-order valence-corrected chi connectivity index (χ0v) is 18.3. The summed E-state index contributed by atoms with van der Waals surface area (Å²) in [7, 11) is 0. The SMILES string of the molecule is O=C1C=CC(=O)N1CCOCCOCCOCCOCCOCCOCCI. The van der Waals surface area contributed by atoms with Gasteiger partial charge in [0.25, 0.3) is 11.8 Å². The van der Waals surface area contributed by atoms with Gasteiger partial charge in [-0.05, 0) is 0 Å². The van der Waals surface area contributed by atoms with E-state index in [0.29, 0.717) is 72.7 Å². The fourth-order valence-electron chi connectivity index (χ4n) is 2.06. The van der Waals surface area contributed by atoms with Crippen molar-refractivity contribution in [2.24, 2.45) is 0 Å². The normalized spacial score (nSPS) is 13.8. The lowest BCUT2D eigenvalue weighted by molar-refractivity contribution is -0.137. The van der Waals surface area contributed by atoms with Crippen molar-refractivity contribution in [3.63, 3.8) is 0 Å². The van der Waals surface area contributed by atoms with Crippen molar-refractivity contribution in [2.75, 3.05) is 90.3 Å². The maximum absolute atomic E-state index is 11.3. The molecule has 0 saturated heterocycles. The molecule has 0 atom stereocenters. The number of hydrogen-bond acceptors (Lipinski definition) is 8. The molecule has 0 unspecified atom stereocenters. The maximum atomic E-state index is 11.3. The molecule has 28 heavy (non-hydrogen) atoms. The molecule has 1 rings (SSSR count). The first kappa shape index (κ1) is 25.4. The number of carbonyl (C=O) groups excluding carboxylic acids is 2. The van der Waals surface area contributed by atoms with E-state index < -0.39 is 0 Å². The number of amides is 2. The average Bonchev–Trinajstić information content (AvgIpc) is 3.01. The molecule has 1 heterocycles. The van der Waals surface area contributed by atoms with E-state index in [1.807, 2.05) is 0 Å². The fourth-order valence-corrected chi connectivity index (χ4v) is 2.37. The molecule has 0 saturated carbocycles. The van der Waals surface area contributed by atoms with E-state index in [0.717, 1.165) is 15.9 Å². The van der Waals surface area contributed by atoms with Crippen LogP contribution < -0.4 is 0 Å². The van der Waals surface area contributed by atoms with Crippen LogP contribution in [-0.4, -0.2) is 107 Å². The third-order valence-corrected chi connectivity index (χ3v) is 3.88. The van der Waals surface area contributed by atoms with Crippen molar-refractivity contribution in [3.8, 4) is 0 Å². The minimum Gasteiger partial charge on any atom is -0.378 e. The lowest BCUT2D eigenvalue weighted by atomic mass is 10.5. The number of nitrogens with zero attached hydrogens (tertiary/aromatic N) is 1. The molecule has 9 nitrogen and oxygen atoms in total. The number of ether oxygens (including phenoxy) is 6. The molecule has 1 aliphatic rings. The van der Waals surface area contributed by atoms with E-state index >= 15 is 0 Å². The van der Waals surface area contributed by atoms with Crippen molar-refractivity contribution >= 4 is 34.4 Å². The van der Waals surface area contributed by atoms with Gasteiger partial charge < -0.3 is 28.4 Å². The smallest absolute Gasteiger partial charge is 0.253 e. The zero-order valence-electron chi connectivity index (χ0n) is 16.1. The van der Waals surface area contributed by atoms with Crippen LogP contribution in [0.1, 0.15) is 0 Å². The molecule has 10 heteroatoms. The van der Waals surface area contributed by atoms with Crippen LogP contribution in [0.15, 0.2) is 12.2 Å². The van der Waals surface area contributed by atoms with E-state index in [1.165, 1.54) is 12.2 Å². The van der Waals surface area contributed by atoms with Crippen molar-refractivity contribution in [2.45, 2.75) is 0 Å². The van der Waals surface area contributed by atoms with Gasteiger partial charge in [-0.2, -0.15) is 0 Å². The molecule has 2 amide bonds. The highest BCUT2D eigenvalue weighted by Gasteiger charge is 2.22. The molecule has 162 valence electrons. The third kappa shape index (κ3) is 13.5. The number of imide groups is 1. The van der Waals surface area contributed by atoms with Gasteiger partial charge in [-0.15, -0.1) is 0 Å². The van der Waals surface area contributed by atoms with Gasteiger partial charge in [0.1, 0.15) is 0 Å². The molecule has 0 N–H and O–H groups in total. The molecule has 0 aromatic heterocycles. The Kier molecular flexibility index (Phi) is 16.7. The Morgan fingerprint density at radius 1 is 0.571 bits per heavy atom. The van der Waals surface area contributed by atoms with Gasteiger partial charge in [0.05, 0.1) is 85.8 Å². The first-order valence-electron chi connectivity index (χ1n) is 9.31. The van der Waals surface area contributed by atoms with E-state index in [9.17, 15) is 9.59 Å². The molecular weight excluding hydrogens is 485 g/mol. The Hall–Kier alpha value is -0.630. The van der Waals surface area contributed by atoms with Gasteiger partial charge in [0.15, 0.2) is 0 Å². The maximum Gasteiger partial charge on any atom is 0.253 e. The van der Waals surface area contributed by atoms with Gasteiger partial charge in [-0.3, -0.25) is 14.5 Å². The number of alkyl halides is 1. The van der Waals surface area contributed by atoms with Crippen molar-refractivity contribution < 1.29 is 38.0 Å². The summed E-state index contributed by atoms with van der Waals surface area (Å²) < 4.78 is 33.1. The van der Waals surface area contributed by atoms with Gasteiger partial charge in [-0.25, -0.2) is 0 Å². The van der Waals surface area contributed by atoms with Crippen LogP contribution in [0.25, 0.3) is 0 Å². The van der Waals surface area contributed by atoms with Crippen LogP contribution in [0, 0.1) is 0 Å². The molecule has 0 bridgehead atoms. The van der Waals surface area contributed by atoms with Gasteiger partial charge in [-0.1, -0.05) is 22.6 Å². The molecular formula is C18H30INO8. The average molecular weight is 515 g/mol. The van der Waals surface area contributed by atoms with E-state index in [1.54, 1.807) is 0 Å². The van der Waals surface area contributed by atoms with Gasteiger partial charge in [0.2, 0.25) is 0 Å². The van der Waals surface area contributed by atoms with Crippen LogP contribution in [-0.2, 0) is 38.0 Å². The van der Waals surface area contributed by atoms with Crippen LogP contribution in [0.3, 0.4) is 0 Å². The highest BCUT2D eigenvalue weighted by atomic mass is 127. The Morgan fingerprint density at radius 2 is 0.893 bits per heavy atom. The Morgan fingerprint density at radius 3 is 1.25 bits per heavy atom. The van der Waals surface area contributed by atoms with Crippen LogP contribution in [0.4, 0.5) is 0 Å². The standard InChI is InChI=1S/C18H30INO8/c19-3-5-23-7-9-25-11-13-27-15-16-28-14-12-26-10-8-24-6-4-20-17(21)1-2-18(20)22/h1-2H,3-16H2. The van der Waals surface area contributed by atoms with Gasteiger partial charge in [0, 0.05) is 16.6 Å². The second-order valence-corrected chi connectivity index (χ2v) is 6.60. The third-order valence-electron chi connectivity index (χ3n) is 3.44. The first-order chi connectivity index (χ1) is 13.8. The summed E-state index contributed by atoms with van der Waals surface area (Å²) in [6.07, 6.45) is 2.52. The van der Waals surface area contributed by atoms with Crippen LogP contribution >= 0.6 is 22.6 Å². The van der Waals surface area contributed by atoms with E-state index in [-0.39, 0.29) is 18.4 Å². The Balaban J connectivity index is 1.70. The highest BCUT2D eigenvalue weighted by molar-refractivity contribution is 14.1. The number of halogens is 1. The van der Waals surface area contributed by atoms with Crippen molar-refractivity contribution in [1.29, 1.82) is 0 Å². The van der Waals surface area contributed by atoms with Crippen LogP contribution in [0.2, 0.25) is 0 Å². The first-order valence-corrected chi connectivity index (χ1v) is 10.8. The predicted octanol–water partition coefficient (Wildman–Crippen LogP) is 0.446. The molecule has 0 radical (unpaired) electrons. The Labute approximate surface area is 179 Å². The largest absolute Gasteiger partial charge is 0.378 e. The highest BCUT2D eigenvalue weighted by Crippen LogP contribution is 2.02. The molecule has 0 aliphatic carbocycles. The van der Waals surface area contributed by atoms with Crippen molar-refractivity contribution in [1.82, 2.24) is 4.90 Å². The summed E-state index contributed by atoms with van der Waals surface area (Å²) in [6.45, 7) is 6.40. The molecule has 0 fully saturated rings. The summed E-state index contributed by atoms with van der Waals surface area (Å²) in [5.41, 5.74) is 0. The predicted molar refractivity (Wildman–Crippen MR) is 110 cm³/mol. The second-order valence-electron chi connectivity index (χ2n) is 5.52. The molecule has 0 aromatic rings. The van der Waals surface area contributed by atoms with E-state index in [4.69, 9.17) is 28.4 Å². The summed E-state index contributed by atoms with van der Waals surface area (Å²) in [5, 5.41) is 0. The quantitative estimate of drug-likeness (QED) is 0.1000. The monoisotopic (exact) mass is 515 g/mol. The van der Waals surface area contributed by atoms with Crippen molar-refractivity contribution in [3.05, 3.63) is 12.2 Å². The molecule has 0 aromatic carbocycles. The summed E-state index contributed by atoms with van der Waals surface area (Å²) in [4.78, 5) is 23.8. The van der Waals surface area contributed by atoms with Crippen LogP contribution in [0.5, 0.6) is 0 Å². The number of hydrogen-bond donors (Lipinski definition) is 0. The van der Waals surface area contributed by atoms with Gasteiger partial charge >= 0.3 is 0 Å². The Bertz CT molecular complexity index is 431. The minimum absolute atomic E-state index is 0.255. The number of rotatable bonds is 20. The summed E-state index contributed by atoms with van der Waals surface area (Å²) in [6, 6.07) is 0. The zero-order chi connectivity index (χ0) is 20.3. The second kappa shape index (κ2) is 18.4. The minimum atomic E-state index is -0.296. The fraction of sp³-hybridized carbons (Fsp3) is 0.778.